The van der Waals surface area contributed by atoms with E-state index in [1.807, 2.05) is 44.2 Å². The molecule has 2 atom stereocenters. The molecule has 1 aromatic carbocycles. The molecule has 1 saturated carbocycles. The topological polar surface area (TPSA) is 60.4 Å². The van der Waals surface area contributed by atoms with Crippen molar-refractivity contribution in [2.75, 3.05) is 0 Å². The highest BCUT2D eigenvalue weighted by atomic mass is 16.5. The van der Waals surface area contributed by atoms with E-state index in [4.69, 9.17) is 4.74 Å². The van der Waals surface area contributed by atoms with Gasteiger partial charge in [-0.1, -0.05) is 58.0 Å². The molecule has 4 nitrogen and oxygen atoms in total. The molecule has 3 aliphatic rings. The number of carbonyl (C=O) groups is 3. The Hall–Kier alpha value is -2.23. The lowest BCUT2D eigenvalue weighted by Crippen LogP contribution is -2.44. The maximum absolute atomic E-state index is 13.1. The Bertz CT molecular complexity index is 855. The summed E-state index contributed by atoms with van der Waals surface area (Å²) in [6, 6.07) is 9.67. The van der Waals surface area contributed by atoms with Crippen LogP contribution < -0.4 is 0 Å². The summed E-state index contributed by atoms with van der Waals surface area (Å²) in [4.78, 5) is 39.3. The van der Waals surface area contributed by atoms with Crippen LogP contribution in [0.5, 0.6) is 0 Å². The standard InChI is InChI=1S/C24H28O4/c1-23(2)10-15(25)19(16(26)11-23)21-20-17(27)12-24(3,4)13-18(20)28-22(21)14-8-6-5-7-9-14/h5-9,19,21-22H,10-13H2,1-4H3/t21-,22-/m0/s1. The van der Waals surface area contributed by atoms with Crippen molar-refractivity contribution < 1.29 is 19.1 Å². The molecule has 1 heterocycles. The smallest absolute Gasteiger partial charge is 0.163 e. The minimum absolute atomic E-state index is 0.0279. The van der Waals surface area contributed by atoms with Gasteiger partial charge in [0.05, 0.1) is 5.92 Å². The van der Waals surface area contributed by atoms with Crippen molar-refractivity contribution in [3.05, 3.63) is 47.2 Å². The lowest BCUT2D eigenvalue weighted by molar-refractivity contribution is -0.142. The van der Waals surface area contributed by atoms with Crippen molar-refractivity contribution in [1.29, 1.82) is 0 Å². The average Bonchev–Trinajstić information content (AvgIpc) is 2.91. The molecule has 0 unspecified atom stereocenters. The summed E-state index contributed by atoms with van der Waals surface area (Å²) < 4.78 is 6.33. The third-order valence-corrected chi connectivity index (χ3v) is 6.29. The summed E-state index contributed by atoms with van der Waals surface area (Å²) in [6.07, 6.45) is 1.36. The van der Waals surface area contributed by atoms with E-state index >= 15 is 0 Å². The second-order valence-corrected chi connectivity index (χ2v) is 10.2. The largest absolute Gasteiger partial charge is 0.489 e. The van der Waals surface area contributed by atoms with Gasteiger partial charge in [-0.25, -0.2) is 0 Å². The molecule has 1 aromatic rings. The highest BCUT2D eigenvalue weighted by Gasteiger charge is 2.54. The number of allylic oxidation sites excluding steroid dienone is 1. The average molecular weight is 380 g/mol. The van der Waals surface area contributed by atoms with Crippen LogP contribution in [0.3, 0.4) is 0 Å². The SMILES string of the molecule is CC1(C)CC(=O)C([C@H]2C3=C(CC(C)(C)CC3=O)O[C@H]2c2ccccc2)C(=O)C1. The Morgan fingerprint density at radius 1 is 0.821 bits per heavy atom. The second kappa shape index (κ2) is 6.40. The van der Waals surface area contributed by atoms with E-state index in [-0.39, 0.29) is 28.2 Å². The van der Waals surface area contributed by atoms with Crippen LogP contribution in [-0.2, 0) is 19.1 Å². The van der Waals surface area contributed by atoms with Crippen molar-refractivity contribution in [1.82, 2.24) is 0 Å². The zero-order valence-corrected chi connectivity index (χ0v) is 17.1. The first kappa shape index (κ1) is 19.1. The molecule has 4 rings (SSSR count). The van der Waals surface area contributed by atoms with Crippen LogP contribution in [0, 0.1) is 22.7 Å². The molecule has 0 aromatic heterocycles. The van der Waals surface area contributed by atoms with Crippen molar-refractivity contribution >= 4 is 17.3 Å². The normalized spacial score (nSPS) is 29.6. The Balaban J connectivity index is 1.80. The minimum Gasteiger partial charge on any atom is -0.489 e. The maximum Gasteiger partial charge on any atom is 0.163 e. The molecule has 0 bridgehead atoms. The van der Waals surface area contributed by atoms with Gasteiger partial charge in [-0.15, -0.1) is 0 Å². The first-order valence-corrected chi connectivity index (χ1v) is 10.1. The van der Waals surface area contributed by atoms with Crippen LogP contribution in [0.4, 0.5) is 0 Å². The predicted molar refractivity (Wildman–Crippen MR) is 105 cm³/mol. The molecule has 0 amide bonds. The van der Waals surface area contributed by atoms with E-state index in [0.717, 1.165) is 5.56 Å². The molecular weight excluding hydrogens is 352 g/mol. The number of rotatable bonds is 2. The Morgan fingerprint density at radius 3 is 2.00 bits per heavy atom. The summed E-state index contributed by atoms with van der Waals surface area (Å²) in [6.45, 7) is 8.03. The van der Waals surface area contributed by atoms with Crippen molar-refractivity contribution in [2.24, 2.45) is 22.7 Å². The Morgan fingerprint density at radius 2 is 1.39 bits per heavy atom. The van der Waals surface area contributed by atoms with Gasteiger partial charge in [-0.2, -0.15) is 0 Å². The molecule has 0 spiro atoms. The fourth-order valence-corrected chi connectivity index (χ4v) is 5.20. The maximum atomic E-state index is 13.1. The molecule has 0 N–H and O–H groups in total. The van der Waals surface area contributed by atoms with Gasteiger partial charge in [0.15, 0.2) is 5.78 Å². The zero-order valence-electron chi connectivity index (χ0n) is 17.1. The lowest BCUT2D eigenvalue weighted by atomic mass is 9.63. The number of benzene rings is 1. The molecule has 2 aliphatic carbocycles. The van der Waals surface area contributed by atoms with Gasteiger partial charge in [0, 0.05) is 37.2 Å². The van der Waals surface area contributed by atoms with E-state index in [2.05, 4.69) is 13.8 Å². The fourth-order valence-electron chi connectivity index (χ4n) is 5.20. The fraction of sp³-hybridized carbons (Fsp3) is 0.542. The van der Waals surface area contributed by atoms with Gasteiger partial charge in [-0.3, -0.25) is 14.4 Å². The first-order valence-electron chi connectivity index (χ1n) is 10.1. The highest BCUT2D eigenvalue weighted by Crippen LogP contribution is 2.54. The molecule has 4 heteroatoms. The van der Waals surface area contributed by atoms with Gasteiger partial charge in [0.25, 0.3) is 0 Å². The van der Waals surface area contributed by atoms with Crippen LogP contribution >= 0.6 is 0 Å². The van der Waals surface area contributed by atoms with Crippen LogP contribution in [0.1, 0.15) is 65.0 Å². The van der Waals surface area contributed by atoms with Crippen molar-refractivity contribution in [3.8, 4) is 0 Å². The third kappa shape index (κ3) is 3.23. The molecule has 0 radical (unpaired) electrons. The van der Waals surface area contributed by atoms with Gasteiger partial charge >= 0.3 is 0 Å². The molecule has 1 fully saturated rings. The lowest BCUT2D eigenvalue weighted by Gasteiger charge is -2.36. The summed E-state index contributed by atoms with van der Waals surface area (Å²) in [7, 11) is 0. The van der Waals surface area contributed by atoms with E-state index in [1.165, 1.54) is 0 Å². The predicted octanol–water partition coefficient (Wildman–Crippen LogP) is 4.59. The number of Topliss-reactive ketones (excluding diaryl/α,β-unsaturated/α-hetero) is 3. The van der Waals surface area contributed by atoms with Crippen LogP contribution in [0.15, 0.2) is 41.7 Å². The van der Waals surface area contributed by atoms with E-state index in [0.29, 0.717) is 37.0 Å². The monoisotopic (exact) mass is 380 g/mol. The van der Waals surface area contributed by atoms with Crippen LogP contribution in [0.25, 0.3) is 0 Å². The first-order chi connectivity index (χ1) is 13.1. The zero-order chi connectivity index (χ0) is 20.3. The van der Waals surface area contributed by atoms with Crippen LogP contribution in [-0.4, -0.2) is 17.3 Å². The molecule has 1 aliphatic heterocycles. The molecular formula is C24H28O4. The highest BCUT2D eigenvalue weighted by molar-refractivity contribution is 6.08. The van der Waals surface area contributed by atoms with Gasteiger partial charge in [0.2, 0.25) is 0 Å². The summed E-state index contributed by atoms with van der Waals surface area (Å²) in [5.74, 6) is -0.678. The molecule has 0 saturated heterocycles. The van der Waals surface area contributed by atoms with Crippen molar-refractivity contribution in [3.63, 3.8) is 0 Å². The van der Waals surface area contributed by atoms with Gasteiger partial charge < -0.3 is 4.74 Å². The number of carbonyl (C=O) groups excluding carboxylic acids is 3. The number of ether oxygens (including phenoxy) is 1. The van der Waals surface area contributed by atoms with E-state index in [9.17, 15) is 14.4 Å². The Labute approximate surface area is 166 Å². The summed E-state index contributed by atoms with van der Waals surface area (Å²) in [5.41, 5.74) is 1.02. The number of hydrogen-bond donors (Lipinski definition) is 0. The molecule has 148 valence electrons. The van der Waals surface area contributed by atoms with Crippen LogP contribution in [0.2, 0.25) is 0 Å². The quantitative estimate of drug-likeness (QED) is 0.704. The molecule has 28 heavy (non-hydrogen) atoms. The summed E-state index contributed by atoms with van der Waals surface area (Å²) >= 11 is 0. The minimum atomic E-state index is -0.782. The van der Waals surface area contributed by atoms with Gasteiger partial charge in [0.1, 0.15) is 23.4 Å². The van der Waals surface area contributed by atoms with E-state index in [1.54, 1.807) is 0 Å². The number of hydrogen-bond acceptors (Lipinski definition) is 4. The van der Waals surface area contributed by atoms with Crippen molar-refractivity contribution in [2.45, 2.75) is 59.5 Å². The van der Waals surface area contributed by atoms with E-state index < -0.39 is 17.9 Å². The summed E-state index contributed by atoms with van der Waals surface area (Å²) in [5, 5.41) is 0. The second-order valence-electron chi connectivity index (χ2n) is 10.2. The Kier molecular flexibility index (Phi) is 4.36. The third-order valence-electron chi connectivity index (χ3n) is 6.29. The van der Waals surface area contributed by atoms with Gasteiger partial charge in [-0.05, 0) is 16.4 Å². The number of ketones is 3.